The summed E-state index contributed by atoms with van der Waals surface area (Å²) in [5, 5.41) is 9.53. The van der Waals surface area contributed by atoms with Crippen LogP contribution in [-0.4, -0.2) is 47.0 Å². The zero-order valence-corrected chi connectivity index (χ0v) is 15.8. The minimum atomic E-state index is -0.290. The highest BCUT2D eigenvalue weighted by molar-refractivity contribution is 5.91. The lowest BCUT2D eigenvalue weighted by Crippen LogP contribution is -2.47. The van der Waals surface area contributed by atoms with Crippen LogP contribution in [0.25, 0.3) is 0 Å². The summed E-state index contributed by atoms with van der Waals surface area (Å²) in [6.45, 7) is 14.6. The van der Waals surface area contributed by atoms with Crippen molar-refractivity contribution in [2.75, 3.05) is 25.0 Å². The maximum Gasteiger partial charge on any atom is 0.240 e. The summed E-state index contributed by atoms with van der Waals surface area (Å²) in [6, 6.07) is 1.72. The summed E-state index contributed by atoms with van der Waals surface area (Å²) < 4.78 is 5.14. The summed E-state index contributed by atoms with van der Waals surface area (Å²) in [5.41, 5.74) is 0.337. The van der Waals surface area contributed by atoms with E-state index in [9.17, 15) is 9.59 Å². The van der Waals surface area contributed by atoms with Crippen LogP contribution in [0.4, 0.5) is 5.88 Å². The van der Waals surface area contributed by atoms with Crippen LogP contribution in [0.3, 0.4) is 0 Å². The number of nitrogens with one attached hydrogen (secondary N) is 2. The van der Waals surface area contributed by atoms with E-state index >= 15 is 0 Å². The molecule has 0 atom stereocenters. The van der Waals surface area contributed by atoms with Gasteiger partial charge in [-0.1, -0.05) is 32.9 Å². The number of carbonyl (C=O) groups is 2. The van der Waals surface area contributed by atoms with Gasteiger partial charge in [0.2, 0.25) is 17.7 Å². The van der Waals surface area contributed by atoms with Crippen molar-refractivity contribution in [3.8, 4) is 0 Å². The minimum Gasteiger partial charge on any atom is -0.350 e. The van der Waals surface area contributed by atoms with Gasteiger partial charge in [-0.3, -0.25) is 19.8 Å². The van der Waals surface area contributed by atoms with E-state index in [2.05, 4.69) is 15.8 Å². The second-order valence-electron chi connectivity index (χ2n) is 7.98. The van der Waals surface area contributed by atoms with Crippen molar-refractivity contribution in [1.29, 1.82) is 0 Å². The van der Waals surface area contributed by atoms with Gasteiger partial charge in [0, 0.05) is 17.0 Å². The predicted molar refractivity (Wildman–Crippen MR) is 93.8 cm³/mol. The molecule has 0 aliphatic carbocycles. The third-order valence-corrected chi connectivity index (χ3v) is 3.24. The van der Waals surface area contributed by atoms with Crippen LogP contribution in [0.5, 0.6) is 0 Å². The molecule has 0 fully saturated rings. The van der Waals surface area contributed by atoms with Gasteiger partial charge in [-0.25, -0.2) is 0 Å². The van der Waals surface area contributed by atoms with E-state index in [1.54, 1.807) is 11.0 Å². The van der Waals surface area contributed by atoms with Gasteiger partial charge in [0.25, 0.3) is 0 Å². The zero-order valence-electron chi connectivity index (χ0n) is 15.8. The number of hydrogen-bond acceptors (Lipinski definition) is 5. The molecule has 1 heterocycles. The van der Waals surface area contributed by atoms with Gasteiger partial charge in [-0.05, 0) is 27.3 Å². The van der Waals surface area contributed by atoms with Gasteiger partial charge in [0.1, 0.15) is 0 Å². The Morgan fingerprint density at radius 2 is 1.71 bits per heavy atom. The number of carbonyl (C=O) groups excluding carboxylic acids is 2. The predicted octanol–water partition coefficient (Wildman–Crippen LogP) is 2.15. The van der Waals surface area contributed by atoms with Crippen LogP contribution in [-0.2, 0) is 15.0 Å². The lowest BCUT2D eigenvalue weighted by Gasteiger charge is -2.24. The Kier molecular flexibility index (Phi) is 6.54. The van der Waals surface area contributed by atoms with Crippen molar-refractivity contribution in [1.82, 2.24) is 15.4 Å². The highest BCUT2D eigenvalue weighted by Crippen LogP contribution is 2.23. The molecular formula is C17H30N4O3. The van der Waals surface area contributed by atoms with Crippen LogP contribution in [0.15, 0.2) is 10.6 Å². The number of anilines is 1. The highest BCUT2D eigenvalue weighted by atomic mass is 16.5. The Balaban J connectivity index is 2.55. The van der Waals surface area contributed by atoms with E-state index in [1.165, 1.54) is 0 Å². The van der Waals surface area contributed by atoms with Gasteiger partial charge in [-0.2, -0.15) is 0 Å². The standard InChI is InChI=1S/C17H30N4O3/c1-8-21(11-14(23)19-17(5,6)7)10-13(22)18-15-9-12(20-24-15)16(2,3)4/h9H,8,10-11H2,1-7H3,(H,18,22)(H,19,23). The molecule has 1 rings (SSSR count). The first-order chi connectivity index (χ1) is 10.9. The number of aromatic nitrogens is 1. The van der Waals surface area contributed by atoms with E-state index in [4.69, 9.17) is 4.52 Å². The summed E-state index contributed by atoms with van der Waals surface area (Å²) in [5.74, 6) is -0.0241. The lowest BCUT2D eigenvalue weighted by atomic mass is 9.92. The normalized spacial score (nSPS) is 12.3. The fourth-order valence-electron chi connectivity index (χ4n) is 2.01. The van der Waals surface area contributed by atoms with Crippen LogP contribution >= 0.6 is 0 Å². The molecule has 136 valence electrons. The Bertz CT molecular complexity index is 567. The quantitative estimate of drug-likeness (QED) is 0.830. The molecule has 0 aliphatic rings. The van der Waals surface area contributed by atoms with Gasteiger partial charge >= 0.3 is 0 Å². The van der Waals surface area contributed by atoms with Crippen molar-refractivity contribution >= 4 is 17.7 Å². The Morgan fingerprint density at radius 1 is 1.12 bits per heavy atom. The molecule has 2 N–H and O–H groups in total. The molecule has 7 nitrogen and oxygen atoms in total. The minimum absolute atomic E-state index is 0.105. The molecule has 0 saturated carbocycles. The first-order valence-electron chi connectivity index (χ1n) is 8.21. The molecular weight excluding hydrogens is 308 g/mol. The van der Waals surface area contributed by atoms with Crippen molar-refractivity contribution in [3.05, 3.63) is 11.8 Å². The first kappa shape index (κ1) is 20.2. The SMILES string of the molecule is CCN(CC(=O)Nc1cc(C(C)(C)C)no1)CC(=O)NC(C)(C)C. The van der Waals surface area contributed by atoms with Gasteiger partial charge < -0.3 is 9.84 Å². The van der Waals surface area contributed by atoms with Crippen molar-refractivity contribution in [2.24, 2.45) is 0 Å². The monoisotopic (exact) mass is 338 g/mol. The van der Waals surface area contributed by atoms with Gasteiger partial charge in [0.15, 0.2) is 0 Å². The molecule has 0 aromatic carbocycles. The van der Waals surface area contributed by atoms with Crippen LogP contribution < -0.4 is 10.6 Å². The van der Waals surface area contributed by atoms with E-state index in [1.807, 2.05) is 48.5 Å². The Hall–Kier alpha value is -1.89. The molecule has 0 spiro atoms. The van der Waals surface area contributed by atoms with E-state index in [-0.39, 0.29) is 35.9 Å². The first-order valence-corrected chi connectivity index (χ1v) is 8.21. The fourth-order valence-corrected chi connectivity index (χ4v) is 2.01. The Labute approximate surface area is 144 Å². The van der Waals surface area contributed by atoms with E-state index in [0.717, 1.165) is 5.69 Å². The molecule has 0 saturated heterocycles. The molecule has 0 radical (unpaired) electrons. The molecule has 1 aromatic heterocycles. The lowest BCUT2D eigenvalue weighted by molar-refractivity contribution is -0.124. The number of nitrogens with zero attached hydrogens (tertiary/aromatic N) is 2. The molecule has 24 heavy (non-hydrogen) atoms. The number of hydrogen-bond donors (Lipinski definition) is 2. The molecule has 1 aromatic rings. The van der Waals surface area contributed by atoms with Crippen LogP contribution in [0.1, 0.15) is 54.2 Å². The van der Waals surface area contributed by atoms with E-state index in [0.29, 0.717) is 12.4 Å². The summed E-state index contributed by atoms with van der Waals surface area (Å²) >= 11 is 0. The highest BCUT2D eigenvalue weighted by Gasteiger charge is 2.21. The van der Waals surface area contributed by atoms with Gasteiger partial charge in [-0.15, -0.1) is 0 Å². The summed E-state index contributed by atoms with van der Waals surface area (Å²) in [6.07, 6.45) is 0. The topological polar surface area (TPSA) is 87.5 Å². The van der Waals surface area contributed by atoms with Crippen molar-refractivity contribution < 1.29 is 14.1 Å². The summed E-state index contributed by atoms with van der Waals surface area (Å²) in [7, 11) is 0. The summed E-state index contributed by atoms with van der Waals surface area (Å²) in [4.78, 5) is 25.9. The Morgan fingerprint density at radius 3 is 2.17 bits per heavy atom. The molecule has 2 amide bonds. The second-order valence-corrected chi connectivity index (χ2v) is 7.98. The number of amides is 2. The molecule has 7 heteroatoms. The van der Waals surface area contributed by atoms with Crippen LogP contribution in [0.2, 0.25) is 0 Å². The maximum absolute atomic E-state index is 12.1. The average Bonchev–Trinajstić information content (AvgIpc) is 2.83. The zero-order chi connectivity index (χ0) is 18.5. The largest absolute Gasteiger partial charge is 0.350 e. The average molecular weight is 338 g/mol. The van der Waals surface area contributed by atoms with Crippen LogP contribution in [0, 0.1) is 0 Å². The second kappa shape index (κ2) is 7.79. The van der Waals surface area contributed by atoms with Gasteiger partial charge in [0.05, 0.1) is 18.8 Å². The fraction of sp³-hybridized carbons (Fsp3) is 0.706. The van der Waals surface area contributed by atoms with E-state index < -0.39 is 0 Å². The molecule has 0 unspecified atom stereocenters. The number of likely N-dealkylation sites (N-methyl/N-ethyl adjacent to an activating group) is 1. The van der Waals surface area contributed by atoms with Crippen molar-refractivity contribution in [3.63, 3.8) is 0 Å². The molecule has 0 bridgehead atoms. The maximum atomic E-state index is 12.1. The number of rotatable bonds is 6. The smallest absolute Gasteiger partial charge is 0.240 e. The third kappa shape index (κ3) is 7.12. The molecule has 0 aliphatic heterocycles. The van der Waals surface area contributed by atoms with Crippen molar-refractivity contribution in [2.45, 2.75) is 59.4 Å². The third-order valence-electron chi connectivity index (χ3n) is 3.24.